The quantitative estimate of drug-likeness (QED) is 0.626. The van der Waals surface area contributed by atoms with Gasteiger partial charge in [0.05, 0.1) is 0 Å². The van der Waals surface area contributed by atoms with E-state index in [0.717, 1.165) is 17.9 Å². The molecule has 0 aliphatic carbocycles. The van der Waals surface area contributed by atoms with Crippen LogP contribution in [0.25, 0.3) is 0 Å². The maximum atomic E-state index is 3.70. The predicted molar refractivity (Wildman–Crippen MR) is 65.6 cm³/mol. The van der Waals surface area contributed by atoms with Gasteiger partial charge in [-0.05, 0) is 31.2 Å². The van der Waals surface area contributed by atoms with Crippen molar-refractivity contribution in [3.63, 3.8) is 0 Å². The van der Waals surface area contributed by atoms with E-state index in [1.54, 1.807) is 0 Å². The summed E-state index contributed by atoms with van der Waals surface area (Å²) in [4.78, 5) is 0. The lowest BCUT2D eigenvalue weighted by Crippen LogP contribution is -2.40. The maximum absolute atomic E-state index is 3.70. The molecule has 0 aromatic rings. The molecular formula is C13H29N. The maximum Gasteiger partial charge on any atom is 0.0118 e. The van der Waals surface area contributed by atoms with E-state index in [9.17, 15) is 0 Å². The second-order valence-corrected chi connectivity index (χ2v) is 4.63. The zero-order chi connectivity index (χ0) is 11.0. The van der Waals surface area contributed by atoms with Crippen molar-refractivity contribution in [1.82, 2.24) is 5.32 Å². The molecule has 0 saturated heterocycles. The summed E-state index contributed by atoms with van der Waals surface area (Å²) in [6.45, 7) is 12.8. The van der Waals surface area contributed by atoms with Gasteiger partial charge in [-0.1, -0.05) is 47.5 Å². The molecule has 0 aliphatic rings. The van der Waals surface area contributed by atoms with E-state index in [4.69, 9.17) is 0 Å². The first-order valence-electron chi connectivity index (χ1n) is 6.40. The highest BCUT2D eigenvalue weighted by Gasteiger charge is 2.20. The molecule has 3 unspecified atom stereocenters. The van der Waals surface area contributed by atoms with Crippen LogP contribution in [0.15, 0.2) is 0 Å². The summed E-state index contributed by atoms with van der Waals surface area (Å²) in [6.07, 6.45) is 5.19. The minimum atomic E-state index is 0.722. The first-order chi connectivity index (χ1) is 6.67. The van der Waals surface area contributed by atoms with Crippen LogP contribution < -0.4 is 5.32 Å². The van der Waals surface area contributed by atoms with Gasteiger partial charge < -0.3 is 5.32 Å². The van der Waals surface area contributed by atoms with Gasteiger partial charge in [0.1, 0.15) is 0 Å². The van der Waals surface area contributed by atoms with Crippen molar-refractivity contribution < 1.29 is 0 Å². The van der Waals surface area contributed by atoms with Gasteiger partial charge in [-0.25, -0.2) is 0 Å². The van der Waals surface area contributed by atoms with Crippen LogP contribution in [0.5, 0.6) is 0 Å². The van der Waals surface area contributed by atoms with Crippen molar-refractivity contribution in [3.8, 4) is 0 Å². The highest BCUT2D eigenvalue weighted by molar-refractivity contribution is 4.77. The van der Waals surface area contributed by atoms with E-state index in [1.165, 1.54) is 32.2 Å². The molecule has 1 heteroatoms. The van der Waals surface area contributed by atoms with Crippen molar-refractivity contribution in [3.05, 3.63) is 0 Å². The molecule has 0 heterocycles. The second-order valence-electron chi connectivity index (χ2n) is 4.63. The minimum Gasteiger partial charge on any atom is -0.313 e. The summed E-state index contributed by atoms with van der Waals surface area (Å²) in [5.74, 6) is 1.63. The molecule has 1 nitrogen and oxygen atoms in total. The lowest BCUT2D eigenvalue weighted by molar-refractivity contribution is 0.266. The fraction of sp³-hybridized carbons (Fsp3) is 1.00. The van der Waals surface area contributed by atoms with Crippen LogP contribution >= 0.6 is 0 Å². The molecule has 0 fully saturated rings. The molecule has 14 heavy (non-hydrogen) atoms. The van der Waals surface area contributed by atoms with E-state index in [0.29, 0.717) is 0 Å². The van der Waals surface area contributed by atoms with Gasteiger partial charge in [-0.3, -0.25) is 0 Å². The normalized spacial score (nSPS) is 17.8. The minimum absolute atomic E-state index is 0.722. The smallest absolute Gasteiger partial charge is 0.0118 e. The molecule has 0 aromatic carbocycles. The zero-order valence-corrected chi connectivity index (χ0v) is 10.8. The van der Waals surface area contributed by atoms with Gasteiger partial charge >= 0.3 is 0 Å². The molecule has 0 aromatic heterocycles. The SMILES string of the molecule is CCCNC(C(C)CC)C(C)CCC. The van der Waals surface area contributed by atoms with Gasteiger partial charge in [0.15, 0.2) is 0 Å². The molecule has 0 saturated carbocycles. The fourth-order valence-corrected chi connectivity index (χ4v) is 2.16. The highest BCUT2D eigenvalue weighted by atomic mass is 14.9. The van der Waals surface area contributed by atoms with Crippen molar-refractivity contribution in [2.75, 3.05) is 6.54 Å². The van der Waals surface area contributed by atoms with Crippen LogP contribution in [0.1, 0.15) is 60.3 Å². The fourth-order valence-electron chi connectivity index (χ4n) is 2.16. The Morgan fingerprint density at radius 1 is 0.929 bits per heavy atom. The van der Waals surface area contributed by atoms with Gasteiger partial charge in [0.2, 0.25) is 0 Å². The molecule has 1 N–H and O–H groups in total. The number of rotatable bonds is 8. The third-order valence-electron chi connectivity index (χ3n) is 3.24. The second kappa shape index (κ2) is 8.28. The van der Waals surface area contributed by atoms with Crippen molar-refractivity contribution >= 4 is 0 Å². The molecular weight excluding hydrogens is 170 g/mol. The van der Waals surface area contributed by atoms with Gasteiger partial charge in [0, 0.05) is 6.04 Å². The number of hydrogen-bond donors (Lipinski definition) is 1. The van der Waals surface area contributed by atoms with Crippen LogP contribution in [0.3, 0.4) is 0 Å². The molecule has 0 spiro atoms. The predicted octanol–water partition coefficient (Wildman–Crippen LogP) is 3.84. The molecule has 86 valence electrons. The molecule has 0 aliphatic heterocycles. The van der Waals surface area contributed by atoms with E-state index in [2.05, 4.69) is 39.9 Å². The van der Waals surface area contributed by atoms with Gasteiger partial charge in [-0.15, -0.1) is 0 Å². The molecule has 0 radical (unpaired) electrons. The number of hydrogen-bond acceptors (Lipinski definition) is 1. The van der Waals surface area contributed by atoms with E-state index >= 15 is 0 Å². The summed E-state index contributed by atoms with van der Waals surface area (Å²) in [6, 6.07) is 0.722. The largest absolute Gasteiger partial charge is 0.313 e. The average molecular weight is 199 g/mol. The van der Waals surface area contributed by atoms with E-state index in [1.807, 2.05) is 0 Å². The Morgan fingerprint density at radius 2 is 1.57 bits per heavy atom. The van der Waals surface area contributed by atoms with Crippen LogP contribution in [0.2, 0.25) is 0 Å². The Kier molecular flexibility index (Phi) is 8.26. The average Bonchev–Trinajstić information content (AvgIpc) is 2.18. The standard InChI is InChI=1S/C13H29N/c1-6-9-12(5)13(11(4)8-3)14-10-7-2/h11-14H,6-10H2,1-5H3. The van der Waals surface area contributed by atoms with Crippen LogP contribution in [0, 0.1) is 11.8 Å². The molecule has 0 amide bonds. The lowest BCUT2D eigenvalue weighted by atomic mass is 9.86. The first kappa shape index (κ1) is 14.0. The van der Waals surface area contributed by atoms with Gasteiger partial charge in [0.25, 0.3) is 0 Å². The number of nitrogens with one attached hydrogen (secondary N) is 1. The van der Waals surface area contributed by atoms with Crippen molar-refractivity contribution in [2.45, 2.75) is 66.3 Å². The van der Waals surface area contributed by atoms with Crippen LogP contribution in [0.4, 0.5) is 0 Å². The van der Waals surface area contributed by atoms with Crippen LogP contribution in [-0.4, -0.2) is 12.6 Å². The van der Waals surface area contributed by atoms with Crippen LogP contribution in [-0.2, 0) is 0 Å². The zero-order valence-electron chi connectivity index (χ0n) is 10.8. The highest BCUT2D eigenvalue weighted by Crippen LogP contribution is 2.20. The third kappa shape index (κ3) is 4.99. The summed E-state index contributed by atoms with van der Waals surface area (Å²) in [7, 11) is 0. The Balaban J connectivity index is 4.07. The lowest BCUT2D eigenvalue weighted by Gasteiger charge is -2.30. The summed E-state index contributed by atoms with van der Waals surface area (Å²) >= 11 is 0. The summed E-state index contributed by atoms with van der Waals surface area (Å²) in [5, 5.41) is 3.70. The Labute approximate surface area is 90.7 Å². The monoisotopic (exact) mass is 199 g/mol. The third-order valence-corrected chi connectivity index (χ3v) is 3.24. The summed E-state index contributed by atoms with van der Waals surface area (Å²) in [5.41, 5.74) is 0. The Hall–Kier alpha value is -0.0400. The van der Waals surface area contributed by atoms with Gasteiger partial charge in [-0.2, -0.15) is 0 Å². The van der Waals surface area contributed by atoms with E-state index in [-0.39, 0.29) is 0 Å². The molecule has 3 atom stereocenters. The van der Waals surface area contributed by atoms with E-state index < -0.39 is 0 Å². The van der Waals surface area contributed by atoms with Crippen molar-refractivity contribution in [2.24, 2.45) is 11.8 Å². The Morgan fingerprint density at radius 3 is 2.00 bits per heavy atom. The first-order valence-corrected chi connectivity index (χ1v) is 6.40. The van der Waals surface area contributed by atoms with Crippen molar-refractivity contribution in [1.29, 1.82) is 0 Å². The topological polar surface area (TPSA) is 12.0 Å². The molecule has 0 rings (SSSR count). The Bertz CT molecular complexity index is 122. The molecule has 0 bridgehead atoms. The summed E-state index contributed by atoms with van der Waals surface area (Å²) < 4.78 is 0.